The van der Waals surface area contributed by atoms with Crippen LogP contribution >= 0.6 is 0 Å². The van der Waals surface area contributed by atoms with E-state index >= 15 is 0 Å². The normalized spacial score (nSPS) is 12.2. The number of carbonyl (C=O) groups is 1. The summed E-state index contributed by atoms with van der Waals surface area (Å²) in [6.45, 7) is 7.49. The third kappa shape index (κ3) is 5.75. The largest absolute Gasteiger partial charge is 0.396 e. The summed E-state index contributed by atoms with van der Waals surface area (Å²) in [5.41, 5.74) is 3.53. The third-order valence-electron chi connectivity index (χ3n) is 3.78. The van der Waals surface area contributed by atoms with Crippen molar-refractivity contribution < 1.29 is 9.90 Å². The van der Waals surface area contributed by atoms with Gasteiger partial charge in [-0.05, 0) is 44.6 Å². The molecule has 2 amide bonds. The van der Waals surface area contributed by atoms with Crippen molar-refractivity contribution in [2.75, 3.05) is 19.7 Å². The van der Waals surface area contributed by atoms with Crippen LogP contribution in [-0.4, -0.2) is 40.6 Å². The Labute approximate surface area is 126 Å². The first-order valence-corrected chi connectivity index (χ1v) is 7.57. The number of rotatable bonds is 8. The minimum absolute atomic E-state index is 0.139. The second-order valence-electron chi connectivity index (χ2n) is 5.63. The van der Waals surface area contributed by atoms with Crippen LogP contribution in [0.2, 0.25) is 0 Å². The molecule has 6 nitrogen and oxygen atoms in total. The van der Waals surface area contributed by atoms with Gasteiger partial charge in [0.1, 0.15) is 0 Å². The van der Waals surface area contributed by atoms with E-state index in [2.05, 4.69) is 22.7 Å². The molecule has 1 aromatic rings. The number of amides is 2. The van der Waals surface area contributed by atoms with Crippen LogP contribution < -0.4 is 10.6 Å². The Morgan fingerprint density at radius 1 is 1.38 bits per heavy atom. The van der Waals surface area contributed by atoms with E-state index in [1.807, 2.05) is 25.6 Å². The summed E-state index contributed by atoms with van der Waals surface area (Å²) in [5.74, 6) is 0.293. The fraction of sp³-hybridized carbons (Fsp3) is 0.733. The Morgan fingerprint density at radius 2 is 2.10 bits per heavy atom. The standard InChI is InChI=1S/C15H28N4O2/c1-11(7-9-20)10-17-15(21)16-8-5-6-14-12(2)18-19(4)13(14)3/h11,20H,5-10H2,1-4H3,(H2,16,17,21). The highest BCUT2D eigenvalue weighted by Gasteiger charge is 2.09. The van der Waals surface area contributed by atoms with E-state index in [1.54, 1.807) is 0 Å². The predicted octanol–water partition coefficient (Wildman–Crippen LogP) is 1.29. The lowest BCUT2D eigenvalue weighted by molar-refractivity contribution is 0.234. The van der Waals surface area contributed by atoms with Gasteiger partial charge >= 0.3 is 6.03 Å². The minimum atomic E-state index is -0.139. The number of aryl methyl sites for hydroxylation is 2. The lowest BCUT2D eigenvalue weighted by Gasteiger charge is -2.12. The second kappa shape index (κ2) is 8.67. The number of aromatic nitrogens is 2. The molecule has 0 aliphatic carbocycles. The first-order chi connectivity index (χ1) is 9.95. The van der Waals surface area contributed by atoms with Crippen molar-refractivity contribution in [3.8, 4) is 0 Å². The molecule has 1 unspecified atom stereocenters. The van der Waals surface area contributed by atoms with Crippen LogP contribution in [0.3, 0.4) is 0 Å². The molecule has 0 saturated carbocycles. The summed E-state index contributed by atoms with van der Waals surface area (Å²) in [4.78, 5) is 11.6. The highest BCUT2D eigenvalue weighted by Crippen LogP contribution is 2.13. The Balaban J connectivity index is 2.20. The zero-order valence-corrected chi connectivity index (χ0v) is 13.6. The van der Waals surface area contributed by atoms with Gasteiger partial charge in [0.25, 0.3) is 0 Å². The Hall–Kier alpha value is -1.56. The van der Waals surface area contributed by atoms with Gasteiger partial charge < -0.3 is 15.7 Å². The number of hydrogen-bond acceptors (Lipinski definition) is 3. The molecule has 0 radical (unpaired) electrons. The van der Waals surface area contributed by atoms with E-state index in [1.165, 1.54) is 11.3 Å². The molecule has 3 N–H and O–H groups in total. The highest BCUT2D eigenvalue weighted by molar-refractivity contribution is 5.73. The van der Waals surface area contributed by atoms with Gasteiger partial charge in [0, 0.05) is 32.4 Å². The molecule has 0 fully saturated rings. The molecule has 0 bridgehead atoms. The van der Waals surface area contributed by atoms with Crippen LogP contribution in [0, 0.1) is 19.8 Å². The van der Waals surface area contributed by atoms with Crippen LogP contribution in [0.4, 0.5) is 4.79 Å². The fourth-order valence-corrected chi connectivity index (χ4v) is 2.30. The van der Waals surface area contributed by atoms with Crippen LogP contribution in [-0.2, 0) is 13.5 Å². The number of urea groups is 1. The molecule has 0 aromatic carbocycles. The molecule has 0 aliphatic heterocycles. The van der Waals surface area contributed by atoms with Crippen molar-refractivity contribution in [2.45, 2.75) is 40.0 Å². The van der Waals surface area contributed by atoms with Gasteiger partial charge in [0.15, 0.2) is 0 Å². The number of nitrogens with one attached hydrogen (secondary N) is 2. The fourth-order valence-electron chi connectivity index (χ4n) is 2.30. The van der Waals surface area contributed by atoms with Gasteiger partial charge in [0.2, 0.25) is 0 Å². The number of carbonyl (C=O) groups excluding carboxylic acids is 1. The molecule has 1 atom stereocenters. The lowest BCUT2D eigenvalue weighted by atomic mass is 10.1. The first kappa shape index (κ1) is 17.5. The van der Waals surface area contributed by atoms with Crippen LogP contribution in [0.25, 0.3) is 0 Å². The maximum Gasteiger partial charge on any atom is 0.314 e. The van der Waals surface area contributed by atoms with Crippen molar-refractivity contribution in [2.24, 2.45) is 13.0 Å². The van der Waals surface area contributed by atoms with E-state index in [0.29, 0.717) is 25.4 Å². The average Bonchev–Trinajstić information content (AvgIpc) is 2.67. The molecule has 6 heteroatoms. The highest BCUT2D eigenvalue weighted by atomic mass is 16.3. The summed E-state index contributed by atoms with van der Waals surface area (Å²) >= 11 is 0. The minimum Gasteiger partial charge on any atom is -0.396 e. The van der Waals surface area contributed by atoms with E-state index in [-0.39, 0.29) is 12.6 Å². The summed E-state index contributed by atoms with van der Waals surface area (Å²) < 4.78 is 1.90. The summed E-state index contributed by atoms with van der Waals surface area (Å²) in [6, 6.07) is -0.139. The van der Waals surface area contributed by atoms with Gasteiger partial charge in [-0.15, -0.1) is 0 Å². The van der Waals surface area contributed by atoms with Crippen molar-refractivity contribution in [1.29, 1.82) is 0 Å². The SMILES string of the molecule is Cc1nn(C)c(C)c1CCCNC(=O)NCC(C)CCO. The predicted molar refractivity (Wildman–Crippen MR) is 83.3 cm³/mol. The Bertz CT molecular complexity index is 457. The zero-order chi connectivity index (χ0) is 15.8. The molecule has 1 rings (SSSR count). The zero-order valence-electron chi connectivity index (χ0n) is 13.6. The van der Waals surface area contributed by atoms with Gasteiger partial charge in [0.05, 0.1) is 5.69 Å². The number of nitrogens with zero attached hydrogens (tertiary/aromatic N) is 2. The first-order valence-electron chi connectivity index (χ1n) is 7.57. The number of aliphatic hydroxyl groups is 1. The molecular weight excluding hydrogens is 268 g/mol. The monoisotopic (exact) mass is 296 g/mol. The lowest BCUT2D eigenvalue weighted by Crippen LogP contribution is -2.38. The molecule has 1 aromatic heterocycles. The van der Waals surface area contributed by atoms with E-state index in [4.69, 9.17) is 5.11 Å². The van der Waals surface area contributed by atoms with E-state index in [0.717, 1.165) is 18.5 Å². The second-order valence-corrected chi connectivity index (χ2v) is 5.63. The molecule has 0 saturated heterocycles. The van der Waals surface area contributed by atoms with Crippen molar-refractivity contribution in [1.82, 2.24) is 20.4 Å². The van der Waals surface area contributed by atoms with Crippen molar-refractivity contribution in [3.63, 3.8) is 0 Å². The van der Waals surface area contributed by atoms with Gasteiger partial charge in [-0.2, -0.15) is 5.10 Å². The van der Waals surface area contributed by atoms with E-state index < -0.39 is 0 Å². The van der Waals surface area contributed by atoms with Gasteiger partial charge in [-0.1, -0.05) is 6.92 Å². The maximum atomic E-state index is 11.6. The summed E-state index contributed by atoms with van der Waals surface area (Å²) in [5, 5.41) is 18.9. The number of aliphatic hydroxyl groups excluding tert-OH is 1. The maximum absolute atomic E-state index is 11.6. The van der Waals surface area contributed by atoms with Crippen LogP contribution in [0.1, 0.15) is 36.7 Å². The molecule has 0 spiro atoms. The van der Waals surface area contributed by atoms with Crippen LogP contribution in [0.5, 0.6) is 0 Å². The van der Waals surface area contributed by atoms with E-state index in [9.17, 15) is 4.79 Å². The van der Waals surface area contributed by atoms with Gasteiger partial charge in [-0.3, -0.25) is 4.68 Å². The molecule has 21 heavy (non-hydrogen) atoms. The topological polar surface area (TPSA) is 79.2 Å². The Kier molecular flexibility index (Phi) is 7.22. The van der Waals surface area contributed by atoms with Crippen molar-refractivity contribution >= 4 is 6.03 Å². The smallest absolute Gasteiger partial charge is 0.314 e. The quantitative estimate of drug-likeness (QED) is 0.632. The van der Waals surface area contributed by atoms with Gasteiger partial charge in [-0.25, -0.2) is 4.79 Å². The van der Waals surface area contributed by atoms with Crippen LogP contribution in [0.15, 0.2) is 0 Å². The molecule has 120 valence electrons. The molecule has 1 heterocycles. The third-order valence-corrected chi connectivity index (χ3v) is 3.78. The Morgan fingerprint density at radius 3 is 2.67 bits per heavy atom. The average molecular weight is 296 g/mol. The number of hydrogen-bond donors (Lipinski definition) is 3. The van der Waals surface area contributed by atoms with Crippen molar-refractivity contribution in [3.05, 3.63) is 17.0 Å². The summed E-state index contributed by atoms with van der Waals surface area (Å²) in [6.07, 6.45) is 2.53. The molecular formula is C15H28N4O2. The summed E-state index contributed by atoms with van der Waals surface area (Å²) in [7, 11) is 1.95. The molecule has 0 aliphatic rings.